The van der Waals surface area contributed by atoms with Gasteiger partial charge in [0.25, 0.3) is 0 Å². The van der Waals surface area contributed by atoms with Gasteiger partial charge in [-0.3, -0.25) is 9.11 Å². The molecule has 8 nitrogen and oxygen atoms in total. The first-order valence-electron chi connectivity index (χ1n) is 5.23. The molecule has 0 aliphatic heterocycles. The molecular weight excluding hydrogens is 332 g/mol. The van der Waals surface area contributed by atoms with Crippen LogP contribution in [0.2, 0.25) is 5.02 Å². The monoisotopic (exact) mass is 344 g/mol. The Morgan fingerprint density at radius 3 is 2.00 bits per heavy atom. The fourth-order valence-electron chi connectivity index (χ4n) is 1.63. The lowest BCUT2D eigenvalue weighted by molar-refractivity contribution is 0.408. The van der Waals surface area contributed by atoms with E-state index < -0.39 is 32.7 Å². The van der Waals surface area contributed by atoms with E-state index in [1.54, 1.807) is 16.9 Å². The lowest BCUT2D eigenvalue weighted by Gasteiger charge is -2.24. The van der Waals surface area contributed by atoms with Crippen LogP contribution in [0.5, 0.6) is 0 Å². The van der Waals surface area contributed by atoms with Crippen LogP contribution in [0.1, 0.15) is 18.5 Å². The van der Waals surface area contributed by atoms with Crippen LogP contribution in [0.3, 0.4) is 0 Å². The smallest absolute Gasteiger partial charge is 0.273 e. The van der Waals surface area contributed by atoms with Crippen molar-refractivity contribution < 1.29 is 25.9 Å². The van der Waals surface area contributed by atoms with Crippen LogP contribution in [0.15, 0.2) is 24.3 Å². The first-order chi connectivity index (χ1) is 8.99. The third-order valence-corrected chi connectivity index (χ3v) is 3.92. The minimum absolute atomic E-state index is 0.164. The predicted octanol–water partition coefficient (Wildman–Crippen LogP) is 0.554. The predicted molar refractivity (Wildman–Crippen MR) is 73.0 cm³/mol. The third-order valence-electron chi connectivity index (χ3n) is 2.35. The van der Waals surface area contributed by atoms with E-state index >= 15 is 0 Å². The molecule has 0 aliphatic rings. The number of halogens is 1. The summed E-state index contributed by atoms with van der Waals surface area (Å²) in [6.45, 7) is 1.29. The van der Waals surface area contributed by atoms with Crippen LogP contribution in [-0.4, -0.2) is 32.0 Å². The summed E-state index contributed by atoms with van der Waals surface area (Å²) < 4.78 is 64.8. The lowest BCUT2D eigenvalue weighted by atomic mass is 10.0. The number of nitrogens with one attached hydrogen (secondary N) is 2. The van der Waals surface area contributed by atoms with Gasteiger partial charge in [0.1, 0.15) is 0 Å². The van der Waals surface area contributed by atoms with E-state index in [1.807, 2.05) is 4.72 Å². The molecule has 0 heterocycles. The summed E-state index contributed by atoms with van der Waals surface area (Å²) in [4.78, 5) is 0. The van der Waals surface area contributed by atoms with Gasteiger partial charge in [0.15, 0.2) is 0 Å². The molecule has 114 valence electrons. The highest BCUT2D eigenvalue weighted by atomic mass is 35.5. The highest BCUT2D eigenvalue weighted by Crippen LogP contribution is 2.25. The second-order valence-corrected chi connectivity index (χ2v) is 6.75. The third kappa shape index (κ3) is 5.71. The SMILES string of the molecule is C[C@@H](NS(=O)(=O)O)[C@H](NS(=O)(=O)O)c1ccccc1Cl. The number of rotatable bonds is 6. The van der Waals surface area contributed by atoms with Gasteiger partial charge in [-0.15, -0.1) is 0 Å². The zero-order valence-corrected chi connectivity index (χ0v) is 12.6. The van der Waals surface area contributed by atoms with Crippen molar-refractivity contribution in [1.29, 1.82) is 0 Å². The molecule has 1 aromatic carbocycles. The van der Waals surface area contributed by atoms with Crippen molar-refractivity contribution in [2.75, 3.05) is 0 Å². The molecule has 0 amide bonds. The van der Waals surface area contributed by atoms with Crippen molar-refractivity contribution in [1.82, 2.24) is 9.44 Å². The molecular formula is C9H13ClN2O6S2. The molecule has 0 aromatic heterocycles. The molecule has 1 rings (SSSR count). The Labute approximate surface area is 121 Å². The fraction of sp³-hybridized carbons (Fsp3) is 0.333. The van der Waals surface area contributed by atoms with E-state index in [4.69, 9.17) is 20.7 Å². The van der Waals surface area contributed by atoms with Crippen LogP contribution in [0.25, 0.3) is 0 Å². The van der Waals surface area contributed by atoms with Crippen molar-refractivity contribution in [3.05, 3.63) is 34.9 Å². The summed E-state index contributed by atoms with van der Waals surface area (Å²) in [6, 6.07) is 3.76. The van der Waals surface area contributed by atoms with Crippen molar-refractivity contribution in [2.45, 2.75) is 19.0 Å². The van der Waals surface area contributed by atoms with Crippen LogP contribution < -0.4 is 9.44 Å². The standard InChI is InChI=1S/C9H13ClN2O6S2/c1-6(11-19(13,14)15)9(12-20(16,17)18)7-4-2-3-5-8(7)10/h2-6,9,11-12H,1H3,(H,13,14,15)(H,16,17,18)/t6-,9+/m1/s1. The number of hydrogen-bond donors (Lipinski definition) is 4. The molecule has 2 atom stereocenters. The van der Waals surface area contributed by atoms with E-state index in [-0.39, 0.29) is 10.6 Å². The molecule has 0 saturated heterocycles. The van der Waals surface area contributed by atoms with E-state index in [0.717, 1.165) is 0 Å². The molecule has 0 saturated carbocycles. The molecule has 0 radical (unpaired) electrons. The Hall–Kier alpha value is -0.750. The van der Waals surface area contributed by atoms with Crippen LogP contribution in [-0.2, 0) is 20.6 Å². The second-order valence-electron chi connectivity index (χ2n) is 3.97. The molecule has 0 spiro atoms. The normalized spacial score (nSPS) is 15.8. The molecule has 1 aromatic rings. The van der Waals surface area contributed by atoms with Crippen LogP contribution >= 0.6 is 11.6 Å². The molecule has 20 heavy (non-hydrogen) atoms. The van der Waals surface area contributed by atoms with Gasteiger partial charge in [-0.05, 0) is 18.6 Å². The number of hydrogen-bond acceptors (Lipinski definition) is 4. The Bertz CT molecular complexity index is 675. The molecule has 0 unspecified atom stereocenters. The quantitative estimate of drug-likeness (QED) is 0.557. The van der Waals surface area contributed by atoms with E-state index in [0.29, 0.717) is 0 Å². The summed E-state index contributed by atoms with van der Waals surface area (Å²) in [5.74, 6) is 0. The average molecular weight is 345 g/mol. The largest absolute Gasteiger partial charge is 0.333 e. The van der Waals surface area contributed by atoms with E-state index in [9.17, 15) is 16.8 Å². The van der Waals surface area contributed by atoms with Gasteiger partial charge in [-0.25, -0.2) is 0 Å². The fourth-order valence-corrected chi connectivity index (χ4v) is 3.14. The van der Waals surface area contributed by atoms with Gasteiger partial charge >= 0.3 is 20.6 Å². The zero-order valence-electron chi connectivity index (χ0n) is 10.2. The molecule has 0 bridgehead atoms. The topological polar surface area (TPSA) is 133 Å². The van der Waals surface area contributed by atoms with Gasteiger partial charge in [0, 0.05) is 11.1 Å². The first kappa shape index (κ1) is 17.3. The van der Waals surface area contributed by atoms with Gasteiger partial charge in [0.05, 0.1) is 6.04 Å². The van der Waals surface area contributed by atoms with Crippen LogP contribution in [0, 0.1) is 0 Å². The van der Waals surface area contributed by atoms with Crippen molar-refractivity contribution in [3.8, 4) is 0 Å². The van der Waals surface area contributed by atoms with Gasteiger partial charge < -0.3 is 0 Å². The van der Waals surface area contributed by atoms with Gasteiger partial charge in [-0.2, -0.15) is 26.3 Å². The Balaban J connectivity index is 3.19. The first-order valence-corrected chi connectivity index (χ1v) is 8.49. The Morgan fingerprint density at radius 2 is 1.55 bits per heavy atom. The molecule has 11 heteroatoms. The minimum atomic E-state index is -4.61. The Kier molecular flexibility index (Phi) is 5.49. The maximum absolute atomic E-state index is 11.0. The Morgan fingerprint density at radius 1 is 1.05 bits per heavy atom. The van der Waals surface area contributed by atoms with Crippen molar-refractivity contribution >= 4 is 32.2 Å². The number of benzene rings is 1. The lowest BCUT2D eigenvalue weighted by Crippen LogP contribution is -2.44. The molecule has 0 aliphatic carbocycles. The minimum Gasteiger partial charge on any atom is -0.273 e. The maximum atomic E-state index is 11.0. The van der Waals surface area contributed by atoms with Crippen LogP contribution in [0.4, 0.5) is 0 Å². The van der Waals surface area contributed by atoms with Gasteiger partial charge in [0.2, 0.25) is 0 Å². The van der Waals surface area contributed by atoms with Gasteiger partial charge in [-0.1, -0.05) is 29.8 Å². The summed E-state index contributed by atoms with van der Waals surface area (Å²) in [7, 11) is -9.17. The summed E-state index contributed by atoms with van der Waals surface area (Å²) in [6.07, 6.45) is 0. The van der Waals surface area contributed by atoms with E-state index in [1.165, 1.54) is 19.1 Å². The molecule has 0 fully saturated rings. The second kappa shape index (κ2) is 6.35. The maximum Gasteiger partial charge on any atom is 0.333 e. The summed E-state index contributed by atoms with van der Waals surface area (Å²) in [5.41, 5.74) is 0.232. The van der Waals surface area contributed by atoms with E-state index in [2.05, 4.69) is 0 Å². The van der Waals surface area contributed by atoms with Crippen molar-refractivity contribution in [2.24, 2.45) is 0 Å². The van der Waals surface area contributed by atoms with Crippen molar-refractivity contribution in [3.63, 3.8) is 0 Å². The summed E-state index contributed by atoms with van der Waals surface area (Å²) in [5, 5.41) is 0.164. The highest BCUT2D eigenvalue weighted by molar-refractivity contribution is 7.84. The molecule has 4 N–H and O–H groups in total. The summed E-state index contributed by atoms with van der Waals surface area (Å²) >= 11 is 5.91. The zero-order chi connectivity index (χ0) is 15.6. The highest BCUT2D eigenvalue weighted by Gasteiger charge is 2.27. The average Bonchev–Trinajstić information content (AvgIpc) is 2.23.